The van der Waals surface area contributed by atoms with Gasteiger partial charge in [-0.3, -0.25) is 4.98 Å². The summed E-state index contributed by atoms with van der Waals surface area (Å²) in [6.07, 6.45) is 5.55. The van der Waals surface area contributed by atoms with E-state index >= 15 is 0 Å². The summed E-state index contributed by atoms with van der Waals surface area (Å²) in [6.45, 7) is 4.08. The second-order valence-electron chi connectivity index (χ2n) is 6.05. The molecule has 2 aromatic rings. The van der Waals surface area contributed by atoms with Gasteiger partial charge in [0.1, 0.15) is 0 Å². The summed E-state index contributed by atoms with van der Waals surface area (Å²) in [4.78, 5) is 19.5. The number of pyridine rings is 1. The summed E-state index contributed by atoms with van der Waals surface area (Å²) >= 11 is 1.67. The van der Waals surface area contributed by atoms with Gasteiger partial charge in [-0.25, -0.2) is 4.79 Å². The van der Waals surface area contributed by atoms with Crippen molar-refractivity contribution in [3.63, 3.8) is 0 Å². The quantitative estimate of drug-likeness (QED) is 0.901. The number of carbonyl (C=O) groups excluding carboxylic acids is 1. The molecule has 128 valence electrons. The number of piperidine rings is 1. The van der Waals surface area contributed by atoms with Crippen molar-refractivity contribution in [3.8, 4) is 0 Å². The fourth-order valence-electron chi connectivity index (χ4n) is 2.81. The highest BCUT2D eigenvalue weighted by molar-refractivity contribution is 7.10. The van der Waals surface area contributed by atoms with Crippen LogP contribution >= 0.6 is 11.3 Å². The average Bonchev–Trinajstić information content (AvgIpc) is 3.16. The van der Waals surface area contributed by atoms with Crippen LogP contribution in [0.15, 0.2) is 42.0 Å². The summed E-state index contributed by atoms with van der Waals surface area (Å²) in [5.41, 5.74) is 1.09. The number of hydrogen-bond acceptors (Lipinski definition) is 4. The van der Waals surface area contributed by atoms with Gasteiger partial charge in [-0.05, 0) is 42.8 Å². The van der Waals surface area contributed by atoms with Crippen LogP contribution in [-0.4, -0.2) is 35.1 Å². The van der Waals surface area contributed by atoms with Crippen LogP contribution in [0.5, 0.6) is 0 Å². The van der Waals surface area contributed by atoms with Gasteiger partial charge >= 0.3 is 6.03 Å². The van der Waals surface area contributed by atoms with Crippen molar-refractivity contribution in [1.82, 2.24) is 15.2 Å². The van der Waals surface area contributed by atoms with Crippen LogP contribution in [0.25, 0.3) is 0 Å². The van der Waals surface area contributed by atoms with Crippen molar-refractivity contribution >= 4 is 17.4 Å². The fourth-order valence-corrected chi connectivity index (χ4v) is 3.54. The Hall–Kier alpha value is -1.92. The molecule has 0 bridgehead atoms. The maximum Gasteiger partial charge on any atom is 0.317 e. The van der Waals surface area contributed by atoms with Crippen molar-refractivity contribution in [2.24, 2.45) is 0 Å². The highest BCUT2D eigenvalue weighted by atomic mass is 32.1. The molecular formula is C18H23N3O2S. The van der Waals surface area contributed by atoms with Gasteiger partial charge in [-0.1, -0.05) is 12.1 Å². The molecule has 1 aliphatic rings. The minimum absolute atomic E-state index is 0.0154. The number of amides is 2. The average molecular weight is 345 g/mol. The van der Waals surface area contributed by atoms with E-state index in [0.717, 1.165) is 31.5 Å². The predicted octanol–water partition coefficient (Wildman–Crippen LogP) is 3.59. The zero-order valence-corrected chi connectivity index (χ0v) is 14.7. The smallest absolute Gasteiger partial charge is 0.317 e. The van der Waals surface area contributed by atoms with Gasteiger partial charge in [-0.2, -0.15) is 0 Å². The van der Waals surface area contributed by atoms with E-state index in [-0.39, 0.29) is 18.2 Å². The molecule has 1 fully saturated rings. The van der Waals surface area contributed by atoms with Gasteiger partial charge in [0.2, 0.25) is 0 Å². The molecule has 2 aromatic heterocycles. The number of aromatic nitrogens is 1. The molecule has 0 unspecified atom stereocenters. The molecule has 1 saturated heterocycles. The minimum atomic E-state index is 0.0154. The first-order valence-corrected chi connectivity index (χ1v) is 9.19. The molecule has 6 heteroatoms. The van der Waals surface area contributed by atoms with E-state index in [1.807, 2.05) is 47.7 Å². The number of nitrogens with one attached hydrogen (secondary N) is 1. The van der Waals surface area contributed by atoms with Crippen LogP contribution < -0.4 is 5.32 Å². The number of rotatable bonds is 5. The van der Waals surface area contributed by atoms with Crippen molar-refractivity contribution in [3.05, 3.63) is 52.5 Å². The molecular weight excluding hydrogens is 322 g/mol. The molecule has 2 amide bonds. The van der Waals surface area contributed by atoms with Crippen molar-refractivity contribution in [2.45, 2.75) is 38.5 Å². The van der Waals surface area contributed by atoms with E-state index in [1.165, 1.54) is 4.88 Å². The van der Waals surface area contributed by atoms with Crippen molar-refractivity contribution in [1.29, 1.82) is 0 Å². The van der Waals surface area contributed by atoms with Gasteiger partial charge in [0.25, 0.3) is 0 Å². The molecule has 1 atom stereocenters. The van der Waals surface area contributed by atoms with E-state index in [0.29, 0.717) is 6.61 Å². The lowest BCUT2D eigenvalue weighted by Crippen LogP contribution is -2.46. The molecule has 3 heterocycles. The van der Waals surface area contributed by atoms with Crippen LogP contribution in [0.3, 0.4) is 0 Å². The zero-order valence-electron chi connectivity index (χ0n) is 13.9. The third-order valence-electron chi connectivity index (χ3n) is 4.25. The number of thiophene rings is 1. The number of urea groups is 1. The van der Waals surface area contributed by atoms with Crippen LogP contribution in [0.2, 0.25) is 0 Å². The molecule has 0 saturated carbocycles. The highest BCUT2D eigenvalue weighted by Gasteiger charge is 2.24. The number of likely N-dealkylation sites (tertiary alicyclic amines) is 1. The summed E-state index contributed by atoms with van der Waals surface area (Å²) in [7, 11) is 0. The van der Waals surface area contributed by atoms with Crippen molar-refractivity contribution in [2.75, 3.05) is 13.1 Å². The SMILES string of the molecule is C[C@H](NC(=O)N1CCC(OCc2cccnc2)CC1)c1cccs1. The second kappa shape index (κ2) is 8.26. The summed E-state index contributed by atoms with van der Waals surface area (Å²) < 4.78 is 5.94. The third-order valence-corrected chi connectivity index (χ3v) is 5.30. The molecule has 1 aliphatic heterocycles. The molecule has 3 rings (SSSR count). The van der Waals surface area contributed by atoms with Gasteiger partial charge in [0.05, 0.1) is 18.8 Å². The Morgan fingerprint density at radius 2 is 2.25 bits per heavy atom. The minimum Gasteiger partial charge on any atom is -0.373 e. The van der Waals surface area contributed by atoms with E-state index in [4.69, 9.17) is 4.74 Å². The van der Waals surface area contributed by atoms with Crippen LogP contribution in [0.1, 0.15) is 36.2 Å². The summed E-state index contributed by atoms with van der Waals surface area (Å²) in [5, 5.41) is 5.10. The fraction of sp³-hybridized carbons (Fsp3) is 0.444. The first kappa shape index (κ1) is 16.9. The monoisotopic (exact) mass is 345 g/mol. The first-order chi connectivity index (χ1) is 11.7. The lowest BCUT2D eigenvalue weighted by atomic mass is 10.1. The second-order valence-corrected chi connectivity index (χ2v) is 7.02. The first-order valence-electron chi connectivity index (χ1n) is 8.31. The molecule has 24 heavy (non-hydrogen) atoms. The Labute approximate surface area is 146 Å². The van der Waals surface area contributed by atoms with Crippen LogP contribution in [0.4, 0.5) is 4.79 Å². The molecule has 0 aromatic carbocycles. The zero-order chi connectivity index (χ0) is 16.8. The molecule has 0 radical (unpaired) electrons. The molecule has 1 N–H and O–H groups in total. The van der Waals surface area contributed by atoms with E-state index in [1.54, 1.807) is 17.5 Å². The third kappa shape index (κ3) is 4.55. The highest BCUT2D eigenvalue weighted by Crippen LogP contribution is 2.20. The Kier molecular flexibility index (Phi) is 5.82. The van der Waals surface area contributed by atoms with Gasteiger partial charge in [0, 0.05) is 30.4 Å². The molecule has 5 nitrogen and oxygen atoms in total. The van der Waals surface area contributed by atoms with Gasteiger partial charge < -0.3 is 15.0 Å². The van der Waals surface area contributed by atoms with Gasteiger partial charge in [-0.15, -0.1) is 11.3 Å². The number of nitrogens with zero attached hydrogens (tertiary/aromatic N) is 2. The van der Waals surface area contributed by atoms with Crippen LogP contribution in [-0.2, 0) is 11.3 Å². The summed E-state index contributed by atoms with van der Waals surface area (Å²) in [5.74, 6) is 0. The normalized spacial score (nSPS) is 16.8. The van der Waals surface area contributed by atoms with E-state index in [2.05, 4.69) is 10.3 Å². The van der Waals surface area contributed by atoms with E-state index < -0.39 is 0 Å². The Morgan fingerprint density at radius 1 is 1.42 bits per heavy atom. The lowest BCUT2D eigenvalue weighted by molar-refractivity contribution is 0.00422. The molecule has 0 spiro atoms. The largest absolute Gasteiger partial charge is 0.373 e. The maximum absolute atomic E-state index is 12.4. The Morgan fingerprint density at radius 3 is 2.92 bits per heavy atom. The van der Waals surface area contributed by atoms with Crippen LogP contribution in [0, 0.1) is 0 Å². The van der Waals surface area contributed by atoms with Crippen molar-refractivity contribution < 1.29 is 9.53 Å². The Bertz CT molecular complexity index is 625. The van der Waals surface area contributed by atoms with Gasteiger partial charge in [0.15, 0.2) is 0 Å². The number of hydrogen-bond donors (Lipinski definition) is 1. The Balaban J connectivity index is 1.40. The molecule has 0 aliphatic carbocycles. The van der Waals surface area contributed by atoms with E-state index in [9.17, 15) is 4.79 Å². The number of ether oxygens (including phenoxy) is 1. The lowest BCUT2D eigenvalue weighted by Gasteiger charge is -2.32. The predicted molar refractivity (Wildman–Crippen MR) is 94.9 cm³/mol. The number of carbonyl (C=O) groups is 1. The standard InChI is InChI=1S/C18H23N3O2S/c1-14(17-5-3-11-24-17)20-18(22)21-9-6-16(7-10-21)23-13-15-4-2-8-19-12-15/h2-5,8,11-12,14,16H,6-7,9-10,13H2,1H3,(H,20,22)/t14-/m0/s1. The topological polar surface area (TPSA) is 54.5 Å². The maximum atomic E-state index is 12.4. The summed E-state index contributed by atoms with van der Waals surface area (Å²) in [6, 6.07) is 8.06.